The second-order valence-corrected chi connectivity index (χ2v) is 11.8. The number of aryl methyl sites for hydroxylation is 1. The van der Waals surface area contributed by atoms with Crippen molar-refractivity contribution in [1.29, 1.82) is 0 Å². The Morgan fingerprint density at radius 3 is 2.04 bits per heavy atom. The van der Waals surface area contributed by atoms with Crippen molar-refractivity contribution in [2.75, 3.05) is 19.8 Å². The topological polar surface area (TPSA) is 37.4 Å². The zero-order chi connectivity index (χ0) is 21.2. The predicted molar refractivity (Wildman–Crippen MR) is 123 cm³/mol. The number of rotatable bonds is 13. The van der Waals surface area contributed by atoms with Crippen molar-refractivity contribution < 1.29 is 9.36 Å². The average Bonchev–Trinajstić information content (AvgIpc) is 2.63. The molecule has 1 aromatic rings. The van der Waals surface area contributed by atoms with Gasteiger partial charge < -0.3 is 9.46 Å². The van der Waals surface area contributed by atoms with Gasteiger partial charge >= 0.3 is 0 Å². The van der Waals surface area contributed by atoms with Crippen molar-refractivity contribution in [3.8, 4) is 0 Å². The van der Waals surface area contributed by atoms with Crippen molar-refractivity contribution in [1.82, 2.24) is 4.90 Å². The zero-order valence-corrected chi connectivity index (χ0v) is 19.9. The fraction of sp³-hybridized carbons (Fsp3) is 0.708. The van der Waals surface area contributed by atoms with Crippen molar-refractivity contribution in [2.24, 2.45) is 11.8 Å². The van der Waals surface area contributed by atoms with Crippen LogP contribution in [0.2, 0.25) is 0 Å². The van der Waals surface area contributed by atoms with E-state index in [9.17, 15) is 9.36 Å². The molecule has 0 saturated heterocycles. The fourth-order valence-electron chi connectivity index (χ4n) is 3.72. The fourth-order valence-corrected chi connectivity index (χ4v) is 5.73. The van der Waals surface area contributed by atoms with E-state index in [-0.39, 0.29) is 5.65 Å². The summed E-state index contributed by atoms with van der Waals surface area (Å²) in [6.07, 6.45) is 8.31. The van der Waals surface area contributed by atoms with Gasteiger partial charge in [-0.1, -0.05) is 91.0 Å². The van der Waals surface area contributed by atoms with E-state index in [2.05, 4.69) is 40.7 Å². The van der Waals surface area contributed by atoms with Crippen molar-refractivity contribution >= 4 is 18.1 Å². The molecule has 0 saturated carbocycles. The van der Waals surface area contributed by atoms with Crippen LogP contribution < -0.4 is 5.30 Å². The van der Waals surface area contributed by atoms with E-state index in [0.717, 1.165) is 23.7 Å². The highest BCUT2D eigenvalue weighted by Crippen LogP contribution is 2.44. The summed E-state index contributed by atoms with van der Waals surface area (Å²) in [7, 11) is -3.12. The normalized spacial score (nSPS) is 13.7. The van der Waals surface area contributed by atoms with Gasteiger partial charge in [0.2, 0.25) is 0 Å². The molecule has 0 aliphatic carbocycles. The third-order valence-electron chi connectivity index (χ3n) is 5.06. The molecule has 1 aromatic carbocycles. The van der Waals surface area contributed by atoms with Crippen LogP contribution in [0.3, 0.4) is 0 Å². The Bertz CT molecular complexity index is 629. The number of carbonyl (C=O) groups excluding carboxylic acids is 1. The lowest BCUT2D eigenvalue weighted by Crippen LogP contribution is -2.37. The highest BCUT2D eigenvalue weighted by molar-refractivity contribution is 7.86. The molecule has 0 heterocycles. The quantitative estimate of drug-likeness (QED) is 0.262. The number of hydrogen-bond donors (Lipinski definition) is 0. The molecular formula is C24H42NO2P. The summed E-state index contributed by atoms with van der Waals surface area (Å²) in [4.78, 5) is 15.1. The van der Waals surface area contributed by atoms with E-state index in [4.69, 9.17) is 0 Å². The number of hydrogen-bond acceptors (Lipinski definition) is 2. The lowest BCUT2D eigenvalue weighted by molar-refractivity contribution is 0.205. The molecule has 0 spiro atoms. The average molecular weight is 408 g/mol. The Kier molecular flexibility index (Phi) is 11.1. The van der Waals surface area contributed by atoms with E-state index < -0.39 is 7.14 Å². The van der Waals surface area contributed by atoms with Crippen LogP contribution in [-0.4, -0.2) is 30.3 Å². The van der Waals surface area contributed by atoms with Gasteiger partial charge in [-0.15, -0.1) is 0 Å². The summed E-state index contributed by atoms with van der Waals surface area (Å²) >= 11 is 0. The molecule has 1 amide bonds. The standard InChI is InChI=1S/C24H42NO2P/c1-7-8-9-10-11-12-15-22-16-13-14-17-23(22)28(6,27)24(26)25(18-20(2)3)19-21(4)5/h13-14,16-17,20-21H,7-12,15,18-19H2,1-6H3. The lowest BCUT2D eigenvalue weighted by atomic mass is 10.1. The second kappa shape index (κ2) is 12.5. The Morgan fingerprint density at radius 2 is 1.46 bits per heavy atom. The zero-order valence-electron chi connectivity index (χ0n) is 19.0. The highest BCUT2D eigenvalue weighted by atomic mass is 31.2. The molecule has 0 aromatic heterocycles. The molecule has 160 valence electrons. The minimum Gasteiger partial charge on any atom is -0.336 e. The first-order chi connectivity index (χ1) is 13.2. The summed E-state index contributed by atoms with van der Waals surface area (Å²) < 4.78 is 13.7. The van der Waals surface area contributed by atoms with Crippen LogP contribution in [0.25, 0.3) is 0 Å². The third-order valence-corrected chi connectivity index (χ3v) is 7.43. The Morgan fingerprint density at radius 1 is 0.929 bits per heavy atom. The van der Waals surface area contributed by atoms with Crippen LogP contribution in [-0.2, 0) is 11.0 Å². The first-order valence-electron chi connectivity index (χ1n) is 11.2. The molecule has 0 radical (unpaired) electrons. The van der Waals surface area contributed by atoms with Gasteiger partial charge in [0, 0.05) is 25.1 Å². The Hall–Kier alpha value is -1.08. The van der Waals surface area contributed by atoms with Gasteiger partial charge in [0.15, 0.2) is 7.14 Å². The highest BCUT2D eigenvalue weighted by Gasteiger charge is 2.34. The first kappa shape index (κ1) is 25.0. The van der Waals surface area contributed by atoms with E-state index in [1.54, 1.807) is 6.66 Å². The molecule has 1 atom stereocenters. The molecule has 0 bridgehead atoms. The number of benzene rings is 1. The molecule has 0 N–H and O–H groups in total. The second-order valence-electron chi connectivity index (χ2n) is 9.05. The van der Waals surface area contributed by atoms with E-state index in [1.165, 1.54) is 32.1 Å². The molecule has 0 aliphatic rings. The first-order valence-corrected chi connectivity index (χ1v) is 13.3. The maximum absolute atomic E-state index is 13.7. The molecule has 1 rings (SSSR count). The van der Waals surface area contributed by atoms with Crippen LogP contribution in [0.15, 0.2) is 24.3 Å². The minimum absolute atomic E-state index is 0.176. The smallest absolute Gasteiger partial charge is 0.285 e. The summed E-state index contributed by atoms with van der Waals surface area (Å²) in [6.45, 7) is 13.6. The number of carbonyl (C=O) groups is 1. The Balaban J connectivity index is 2.93. The molecule has 1 unspecified atom stereocenters. The van der Waals surface area contributed by atoms with Gasteiger partial charge in [-0.25, -0.2) is 0 Å². The van der Waals surface area contributed by atoms with Gasteiger partial charge in [-0.05, 0) is 30.2 Å². The van der Waals surface area contributed by atoms with Gasteiger partial charge in [0.1, 0.15) is 0 Å². The minimum atomic E-state index is -3.12. The van der Waals surface area contributed by atoms with E-state index in [1.807, 2.05) is 23.1 Å². The van der Waals surface area contributed by atoms with Gasteiger partial charge in [0.05, 0.1) is 0 Å². The molecule has 3 nitrogen and oxygen atoms in total. The molecule has 28 heavy (non-hydrogen) atoms. The van der Waals surface area contributed by atoms with E-state index >= 15 is 0 Å². The van der Waals surface area contributed by atoms with Crippen molar-refractivity contribution in [2.45, 2.75) is 79.6 Å². The predicted octanol–water partition coefficient (Wildman–Crippen LogP) is 6.94. The van der Waals surface area contributed by atoms with Crippen LogP contribution in [0.5, 0.6) is 0 Å². The molecule has 0 aliphatic heterocycles. The van der Waals surface area contributed by atoms with Crippen molar-refractivity contribution in [3.05, 3.63) is 29.8 Å². The lowest BCUT2D eigenvalue weighted by Gasteiger charge is -2.29. The largest absolute Gasteiger partial charge is 0.336 e. The van der Waals surface area contributed by atoms with Gasteiger partial charge in [0.25, 0.3) is 5.65 Å². The molecule has 0 fully saturated rings. The SMILES string of the molecule is CCCCCCCCc1ccccc1P(C)(=O)C(=O)N(CC(C)C)CC(C)C. The van der Waals surface area contributed by atoms with Crippen LogP contribution in [0, 0.1) is 11.8 Å². The summed E-state index contributed by atoms with van der Waals surface area (Å²) in [5.74, 6) is 0.724. The van der Waals surface area contributed by atoms with E-state index in [0.29, 0.717) is 24.9 Å². The number of amides is 1. The van der Waals surface area contributed by atoms with Crippen LogP contribution >= 0.6 is 7.14 Å². The van der Waals surface area contributed by atoms with Crippen LogP contribution in [0.4, 0.5) is 4.79 Å². The maximum Gasteiger partial charge on any atom is 0.285 e. The summed E-state index contributed by atoms with van der Waals surface area (Å²) in [5.41, 5.74) is 0.913. The van der Waals surface area contributed by atoms with Gasteiger partial charge in [-0.3, -0.25) is 4.79 Å². The van der Waals surface area contributed by atoms with Crippen LogP contribution in [0.1, 0.15) is 78.7 Å². The molecule has 4 heteroatoms. The monoisotopic (exact) mass is 407 g/mol. The van der Waals surface area contributed by atoms with Gasteiger partial charge in [-0.2, -0.15) is 0 Å². The molecular weight excluding hydrogens is 365 g/mol. The number of nitrogens with zero attached hydrogens (tertiary/aromatic N) is 1. The maximum atomic E-state index is 13.7. The number of unbranched alkanes of at least 4 members (excludes halogenated alkanes) is 5. The third kappa shape index (κ3) is 8.11. The summed E-state index contributed by atoms with van der Waals surface area (Å²) in [6, 6.07) is 7.88. The van der Waals surface area contributed by atoms with Crippen molar-refractivity contribution in [3.63, 3.8) is 0 Å². The summed E-state index contributed by atoms with van der Waals surface area (Å²) in [5, 5.41) is 0.770. The Labute approximate surface area is 173 Å².